The highest BCUT2D eigenvalue weighted by Gasteiger charge is 2.19. The van der Waals surface area contributed by atoms with Crippen molar-refractivity contribution < 1.29 is 19.1 Å². The summed E-state index contributed by atoms with van der Waals surface area (Å²) >= 11 is 0. The molecule has 0 aliphatic rings. The number of anilines is 1. The number of rotatable bonds is 7. The van der Waals surface area contributed by atoms with Gasteiger partial charge in [-0.15, -0.1) is 0 Å². The Hall–Kier alpha value is -4.13. The summed E-state index contributed by atoms with van der Waals surface area (Å²) in [5.41, 5.74) is 7.82. The standard InChI is InChI=1S/C26H27N3O4/c1-26(2,3)33-23(30)16-32-22-11-7-6-9-20(22)19-8-4-5-10-21(19)25(31)29-18-14-12-17(13-15-18)24(27)28/h4-15H,16H2,1-3H3,(H3,27,28)(H,29,31). The Labute approximate surface area is 193 Å². The SMILES string of the molecule is CC(C)(C)OC(=O)COc1ccccc1-c1ccccc1C(=O)Nc1ccc(C(=N)N)cc1. The zero-order valence-electron chi connectivity index (χ0n) is 18.8. The zero-order valence-corrected chi connectivity index (χ0v) is 18.8. The first-order chi connectivity index (χ1) is 15.6. The molecule has 170 valence electrons. The lowest BCUT2D eigenvalue weighted by Gasteiger charge is -2.20. The molecule has 1 amide bonds. The van der Waals surface area contributed by atoms with E-state index in [0.29, 0.717) is 33.7 Å². The van der Waals surface area contributed by atoms with Gasteiger partial charge in [0.1, 0.15) is 17.2 Å². The van der Waals surface area contributed by atoms with Gasteiger partial charge in [0.05, 0.1) is 0 Å². The average molecular weight is 446 g/mol. The van der Waals surface area contributed by atoms with Gasteiger partial charge in [-0.05, 0) is 62.7 Å². The van der Waals surface area contributed by atoms with Gasteiger partial charge in [-0.3, -0.25) is 10.2 Å². The Morgan fingerprint density at radius 3 is 2.15 bits per heavy atom. The molecule has 0 fully saturated rings. The van der Waals surface area contributed by atoms with Crippen LogP contribution in [0.3, 0.4) is 0 Å². The van der Waals surface area contributed by atoms with Crippen LogP contribution in [0.5, 0.6) is 5.75 Å². The van der Waals surface area contributed by atoms with Crippen molar-refractivity contribution in [2.24, 2.45) is 5.73 Å². The molecule has 0 unspecified atom stereocenters. The quantitative estimate of drug-likeness (QED) is 0.279. The number of hydrogen-bond acceptors (Lipinski definition) is 5. The van der Waals surface area contributed by atoms with Gasteiger partial charge in [-0.1, -0.05) is 36.4 Å². The summed E-state index contributed by atoms with van der Waals surface area (Å²) < 4.78 is 11.1. The fourth-order valence-electron chi connectivity index (χ4n) is 3.17. The van der Waals surface area contributed by atoms with E-state index >= 15 is 0 Å². The van der Waals surface area contributed by atoms with Crippen molar-refractivity contribution in [3.8, 4) is 16.9 Å². The number of ether oxygens (including phenoxy) is 2. The van der Waals surface area contributed by atoms with Crippen molar-refractivity contribution in [1.29, 1.82) is 5.41 Å². The summed E-state index contributed by atoms with van der Waals surface area (Å²) in [5.74, 6) is -0.351. The van der Waals surface area contributed by atoms with Gasteiger partial charge in [-0.2, -0.15) is 0 Å². The third kappa shape index (κ3) is 6.43. The van der Waals surface area contributed by atoms with E-state index in [-0.39, 0.29) is 18.3 Å². The molecule has 0 atom stereocenters. The molecule has 3 aromatic carbocycles. The first kappa shape index (κ1) is 23.5. The first-order valence-electron chi connectivity index (χ1n) is 10.4. The topological polar surface area (TPSA) is 114 Å². The van der Waals surface area contributed by atoms with Crippen molar-refractivity contribution in [3.63, 3.8) is 0 Å². The van der Waals surface area contributed by atoms with Crippen LogP contribution in [0.25, 0.3) is 11.1 Å². The Kier molecular flexibility index (Phi) is 7.13. The maximum absolute atomic E-state index is 13.1. The Balaban J connectivity index is 1.83. The first-order valence-corrected chi connectivity index (χ1v) is 10.4. The smallest absolute Gasteiger partial charge is 0.344 e. The molecule has 0 aromatic heterocycles. The highest BCUT2D eigenvalue weighted by atomic mass is 16.6. The molecule has 3 rings (SSSR count). The van der Waals surface area contributed by atoms with E-state index in [1.165, 1.54) is 0 Å². The van der Waals surface area contributed by atoms with Crippen LogP contribution < -0.4 is 15.8 Å². The number of nitrogens with one attached hydrogen (secondary N) is 2. The minimum atomic E-state index is -0.604. The largest absolute Gasteiger partial charge is 0.481 e. The molecule has 0 saturated carbocycles. The number of hydrogen-bond donors (Lipinski definition) is 3. The van der Waals surface area contributed by atoms with Crippen LogP contribution in [-0.2, 0) is 9.53 Å². The van der Waals surface area contributed by atoms with Crippen molar-refractivity contribution in [3.05, 3.63) is 83.9 Å². The Morgan fingerprint density at radius 1 is 0.909 bits per heavy atom. The fraction of sp³-hybridized carbons (Fsp3) is 0.192. The third-order valence-electron chi connectivity index (χ3n) is 4.57. The van der Waals surface area contributed by atoms with Gasteiger partial charge in [0, 0.05) is 22.4 Å². The summed E-state index contributed by atoms with van der Waals surface area (Å²) in [6, 6.07) is 21.1. The molecule has 3 aromatic rings. The molecule has 0 radical (unpaired) electrons. The number of para-hydroxylation sites is 1. The maximum Gasteiger partial charge on any atom is 0.344 e. The van der Waals surface area contributed by atoms with E-state index in [0.717, 1.165) is 0 Å². The van der Waals surface area contributed by atoms with Crippen LogP contribution >= 0.6 is 0 Å². The molecule has 0 saturated heterocycles. The molecule has 0 bridgehead atoms. The number of amidine groups is 1. The molecule has 0 aliphatic carbocycles. The van der Waals surface area contributed by atoms with Crippen molar-refractivity contribution in [2.75, 3.05) is 11.9 Å². The number of carbonyl (C=O) groups excluding carboxylic acids is 2. The average Bonchev–Trinajstić information content (AvgIpc) is 2.77. The summed E-state index contributed by atoms with van der Waals surface area (Å²) in [5, 5.41) is 10.3. The molecule has 33 heavy (non-hydrogen) atoms. The highest BCUT2D eigenvalue weighted by molar-refractivity contribution is 6.09. The maximum atomic E-state index is 13.1. The lowest BCUT2D eigenvalue weighted by molar-refractivity contribution is -0.157. The van der Waals surface area contributed by atoms with Crippen molar-refractivity contribution in [1.82, 2.24) is 0 Å². The van der Waals surface area contributed by atoms with Gasteiger partial charge < -0.3 is 20.5 Å². The normalized spacial score (nSPS) is 10.9. The van der Waals surface area contributed by atoms with Crippen LogP contribution in [0, 0.1) is 5.41 Å². The molecular formula is C26H27N3O4. The summed E-state index contributed by atoms with van der Waals surface area (Å²) in [4.78, 5) is 25.2. The lowest BCUT2D eigenvalue weighted by Crippen LogP contribution is -2.27. The van der Waals surface area contributed by atoms with Gasteiger partial charge >= 0.3 is 5.97 Å². The van der Waals surface area contributed by atoms with Crippen molar-refractivity contribution >= 4 is 23.4 Å². The van der Waals surface area contributed by atoms with E-state index in [2.05, 4.69) is 5.32 Å². The van der Waals surface area contributed by atoms with E-state index in [1.54, 1.807) is 69.3 Å². The monoisotopic (exact) mass is 445 g/mol. The Morgan fingerprint density at radius 2 is 1.52 bits per heavy atom. The number of amides is 1. The van der Waals surface area contributed by atoms with E-state index in [4.69, 9.17) is 20.6 Å². The minimum Gasteiger partial charge on any atom is -0.481 e. The lowest BCUT2D eigenvalue weighted by atomic mass is 9.98. The van der Waals surface area contributed by atoms with Crippen LogP contribution in [-0.4, -0.2) is 29.9 Å². The number of carbonyl (C=O) groups is 2. The summed E-state index contributed by atoms with van der Waals surface area (Å²) in [6.07, 6.45) is 0. The van der Waals surface area contributed by atoms with Crippen LogP contribution in [0.1, 0.15) is 36.7 Å². The van der Waals surface area contributed by atoms with Gasteiger partial charge in [0.2, 0.25) is 0 Å². The molecule has 7 heteroatoms. The number of esters is 1. The van der Waals surface area contributed by atoms with Gasteiger partial charge in [-0.25, -0.2) is 4.79 Å². The third-order valence-corrected chi connectivity index (χ3v) is 4.57. The minimum absolute atomic E-state index is 0.0405. The fourth-order valence-corrected chi connectivity index (χ4v) is 3.17. The number of nitrogen functional groups attached to an aromatic ring is 1. The van der Waals surface area contributed by atoms with Crippen LogP contribution in [0.2, 0.25) is 0 Å². The molecule has 4 N–H and O–H groups in total. The van der Waals surface area contributed by atoms with Crippen LogP contribution in [0.4, 0.5) is 5.69 Å². The molecular weight excluding hydrogens is 418 g/mol. The molecule has 7 nitrogen and oxygen atoms in total. The van der Waals surface area contributed by atoms with E-state index in [1.807, 2.05) is 24.3 Å². The number of nitrogens with two attached hydrogens (primary N) is 1. The van der Waals surface area contributed by atoms with E-state index in [9.17, 15) is 9.59 Å². The zero-order chi connectivity index (χ0) is 24.0. The summed E-state index contributed by atoms with van der Waals surface area (Å²) in [6.45, 7) is 5.13. The van der Waals surface area contributed by atoms with Crippen LogP contribution in [0.15, 0.2) is 72.8 Å². The second kappa shape index (κ2) is 9.99. The van der Waals surface area contributed by atoms with Gasteiger partial charge in [0.15, 0.2) is 6.61 Å². The Bertz CT molecular complexity index is 1160. The predicted molar refractivity (Wildman–Crippen MR) is 129 cm³/mol. The second-order valence-corrected chi connectivity index (χ2v) is 8.36. The highest BCUT2D eigenvalue weighted by Crippen LogP contribution is 2.33. The molecule has 0 spiro atoms. The van der Waals surface area contributed by atoms with E-state index < -0.39 is 11.6 Å². The second-order valence-electron chi connectivity index (χ2n) is 8.36. The summed E-state index contributed by atoms with van der Waals surface area (Å²) in [7, 11) is 0. The van der Waals surface area contributed by atoms with Gasteiger partial charge in [0.25, 0.3) is 5.91 Å². The molecule has 0 aliphatic heterocycles. The number of benzene rings is 3. The molecule has 0 heterocycles. The predicted octanol–water partition coefficient (Wildman–Crippen LogP) is 4.61. The van der Waals surface area contributed by atoms with Crippen molar-refractivity contribution in [2.45, 2.75) is 26.4 Å².